The van der Waals surface area contributed by atoms with Gasteiger partial charge >= 0.3 is 0 Å². The van der Waals surface area contributed by atoms with Crippen molar-refractivity contribution in [2.45, 2.75) is 20.3 Å². The van der Waals surface area contributed by atoms with Gasteiger partial charge in [0.1, 0.15) is 11.3 Å². The molecular weight excluding hydrogens is 391 g/mol. The van der Waals surface area contributed by atoms with Gasteiger partial charge in [0.15, 0.2) is 5.65 Å². The van der Waals surface area contributed by atoms with Gasteiger partial charge in [-0.15, -0.1) is 33.4 Å². The zero-order chi connectivity index (χ0) is 19.4. The number of aryl methyl sites for hydroxylation is 1. The van der Waals surface area contributed by atoms with Crippen LogP contribution in [0.2, 0.25) is 0 Å². The molecule has 0 saturated carbocycles. The van der Waals surface area contributed by atoms with E-state index in [2.05, 4.69) is 25.3 Å². The van der Waals surface area contributed by atoms with Crippen molar-refractivity contribution in [2.24, 2.45) is 0 Å². The van der Waals surface area contributed by atoms with E-state index in [1.165, 1.54) is 4.52 Å². The van der Waals surface area contributed by atoms with Crippen LogP contribution in [0.5, 0.6) is 0 Å². The second-order valence-corrected chi connectivity index (χ2v) is 6.22. The van der Waals surface area contributed by atoms with E-state index in [-0.39, 0.29) is 16.8 Å². The number of H-pyrrole nitrogens is 1. The van der Waals surface area contributed by atoms with E-state index in [0.717, 1.165) is 0 Å². The minimum atomic E-state index is -0.115. The van der Waals surface area contributed by atoms with Crippen LogP contribution in [0.3, 0.4) is 0 Å². The Morgan fingerprint density at radius 3 is 2.63 bits per heavy atom. The summed E-state index contributed by atoms with van der Waals surface area (Å²) in [4.78, 5) is 21.2. The van der Waals surface area contributed by atoms with Crippen LogP contribution < -0.4 is 5.56 Å². The third-order valence-corrected chi connectivity index (χ3v) is 3.86. The molecule has 27 heavy (non-hydrogen) atoms. The summed E-state index contributed by atoms with van der Waals surface area (Å²) < 4.78 is 7.09. The molecule has 0 fully saturated rings. The minimum Gasteiger partial charge on any atom is -0.414 e. The van der Waals surface area contributed by atoms with Crippen molar-refractivity contribution in [1.29, 1.82) is 0 Å². The first-order valence-corrected chi connectivity index (χ1v) is 9.14. The van der Waals surface area contributed by atoms with Gasteiger partial charge in [-0.1, -0.05) is 13.0 Å². The number of halogens is 2. The SMILES string of the molecule is CCc1c(C)nc2c(-c3nnc(-c4ccccn4)o3)c[nH]n2c1=O.ClCCl. The first kappa shape index (κ1) is 19.1. The average molecular weight is 407 g/mol. The third-order valence-electron chi connectivity index (χ3n) is 3.86. The van der Waals surface area contributed by atoms with Crippen molar-refractivity contribution < 1.29 is 4.42 Å². The lowest BCUT2D eigenvalue weighted by molar-refractivity contribution is 0.582. The first-order chi connectivity index (χ1) is 13.1. The molecule has 0 bridgehead atoms. The molecule has 4 rings (SSSR count). The predicted octanol–water partition coefficient (Wildman–Crippen LogP) is 3.43. The number of nitrogens with one attached hydrogen (secondary N) is 1. The molecule has 0 amide bonds. The van der Waals surface area contributed by atoms with Crippen molar-refractivity contribution >= 4 is 28.8 Å². The van der Waals surface area contributed by atoms with Gasteiger partial charge in [-0.2, -0.15) is 0 Å². The van der Waals surface area contributed by atoms with Gasteiger partial charge in [0.25, 0.3) is 17.3 Å². The topological polar surface area (TPSA) is 102 Å². The number of hydrogen-bond acceptors (Lipinski definition) is 6. The van der Waals surface area contributed by atoms with Crippen molar-refractivity contribution in [1.82, 2.24) is 29.8 Å². The van der Waals surface area contributed by atoms with Crippen LogP contribution in [0.15, 0.2) is 39.8 Å². The van der Waals surface area contributed by atoms with Gasteiger partial charge in [0, 0.05) is 23.7 Å². The standard InChI is InChI=1S/C16H14N6O2.CH2Cl2/c1-3-10-9(2)19-13-11(8-18-22(13)16(10)23)14-20-21-15(24-14)12-6-4-5-7-17-12;2-1-3/h4-8,18H,3H2,1-2H3;1H2. The molecule has 10 heteroatoms. The van der Waals surface area contributed by atoms with Gasteiger partial charge in [-0.05, 0) is 25.5 Å². The fourth-order valence-electron chi connectivity index (χ4n) is 2.65. The molecule has 1 N–H and O–H groups in total. The third kappa shape index (κ3) is 3.72. The number of aromatic amines is 1. The maximum atomic E-state index is 12.5. The van der Waals surface area contributed by atoms with Crippen molar-refractivity contribution in [2.75, 3.05) is 5.34 Å². The van der Waals surface area contributed by atoms with Crippen LogP contribution in [0, 0.1) is 6.92 Å². The molecule has 0 aliphatic carbocycles. The van der Waals surface area contributed by atoms with Crippen LogP contribution in [-0.2, 0) is 6.42 Å². The summed E-state index contributed by atoms with van der Waals surface area (Å²) in [6.45, 7) is 3.75. The van der Waals surface area contributed by atoms with Crippen LogP contribution in [0.4, 0.5) is 0 Å². The summed E-state index contributed by atoms with van der Waals surface area (Å²) in [6.07, 6.45) is 3.92. The Hall–Kier alpha value is -2.71. The van der Waals surface area contributed by atoms with E-state index in [1.54, 1.807) is 18.5 Å². The van der Waals surface area contributed by atoms with Crippen LogP contribution >= 0.6 is 23.2 Å². The van der Waals surface area contributed by atoms with Gasteiger partial charge < -0.3 is 4.42 Å². The van der Waals surface area contributed by atoms with Crippen molar-refractivity contribution in [3.63, 3.8) is 0 Å². The molecule has 4 heterocycles. The van der Waals surface area contributed by atoms with E-state index in [1.807, 2.05) is 26.0 Å². The Morgan fingerprint density at radius 1 is 1.22 bits per heavy atom. The molecule has 4 aromatic heterocycles. The molecule has 0 spiro atoms. The van der Waals surface area contributed by atoms with E-state index >= 15 is 0 Å². The Balaban J connectivity index is 0.000000659. The lowest BCUT2D eigenvalue weighted by Gasteiger charge is -2.02. The Labute approximate surface area is 164 Å². The largest absolute Gasteiger partial charge is 0.414 e. The monoisotopic (exact) mass is 406 g/mol. The van der Waals surface area contributed by atoms with Gasteiger partial charge in [-0.3, -0.25) is 14.9 Å². The quantitative estimate of drug-likeness (QED) is 0.522. The van der Waals surface area contributed by atoms with E-state index < -0.39 is 0 Å². The van der Waals surface area contributed by atoms with Gasteiger partial charge in [0.2, 0.25) is 0 Å². The second-order valence-electron chi connectivity index (χ2n) is 5.41. The number of rotatable bonds is 3. The summed E-state index contributed by atoms with van der Waals surface area (Å²) in [7, 11) is 0. The molecule has 0 aliphatic rings. The zero-order valence-corrected chi connectivity index (χ0v) is 16.1. The molecule has 0 saturated heterocycles. The molecule has 0 radical (unpaired) electrons. The molecule has 140 valence electrons. The van der Waals surface area contributed by atoms with Crippen LogP contribution in [0.1, 0.15) is 18.2 Å². The molecular formula is C17H16Cl2N6O2. The van der Waals surface area contributed by atoms with E-state index in [0.29, 0.717) is 40.5 Å². The van der Waals surface area contributed by atoms with Gasteiger partial charge in [0.05, 0.1) is 5.34 Å². The molecule has 0 unspecified atom stereocenters. The number of alkyl halides is 2. The van der Waals surface area contributed by atoms with E-state index in [9.17, 15) is 4.79 Å². The minimum absolute atomic E-state index is 0.115. The van der Waals surface area contributed by atoms with Crippen molar-refractivity contribution in [3.05, 3.63) is 52.2 Å². The smallest absolute Gasteiger partial charge is 0.276 e. The fourth-order valence-corrected chi connectivity index (χ4v) is 2.65. The molecule has 8 nitrogen and oxygen atoms in total. The molecule has 0 atom stereocenters. The van der Waals surface area contributed by atoms with Crippen LogP contribution in [0.25, 0.3) is 28.7 Å². The molecule has 0 aliphatic heterocycles. The fraction of sp³-hybridized carbons (Fsp3) is 0.235. The second kappa shape index (κ2) is 8.32. The Kier molecular flexibility index (Phi) is 5.88. The number of hydrogen-bond donors (Lipinski definition) is 1. The number of pyridine rings is 1. The predicted molar refractivity (Wildman–Crippen MR) is 103 cm³/mol. The van der Waals surface area contributed by atoms with Crippen LogP contribution in [-0.4, -0.2) is 35.1 Å². The summed E-state index contributed by atoms with van der Waals surface area (Å²) in [5.74, 6) is 0.596. The maximum Gasteiger partial charge on any atom is 0.276 e. The van der Waals surface area contributed by atoms with E-state index in [4.69, 9.17) is 27.6 Å². The van der Waals surface area contributed by atoms with Crippen molar-refractivity contribution in [3.8, 4) is 23.0 Å². The highest BCUT2D eigenvalue weighted by atomic mass is 35.5. The van der Waals surface area contributed by atoms with Gasteiger partial charge in [-0.25, -0.2) is 9.50 Å². The Morgan fingerprint density at radius 2 is 1.96 bits per heavy atom. The summed E-state index contributed by atoms with van der Waals surface area (Å²) >= 11 is 9.53. The maximum absolute atomic E-state index is 12.5. The zero-order valence-electron chi connectivity index (χ0n) is 14.6. The highest BCUT2D eigenvalue weighted by Crippen LogP contribution is 2.25. The number of nitrogens with zero attached hydrogens (tertiary/aromatic N) is 5. The summed E-state index contributed by atoms with van der Waals surface area (Å²) in [6, 6.07) is 5.44. The molecule has 0 aromatic carbocycles. The Bertz CT molecular complexity index is 1100. The normalized spacial score (nSPS) is 10.7. The number of fused-ring (bicyclic) bond motifs is 1. The average Bonchev–Trinajstić information content (AvgIpc) is 3.30. The first-order valence-electron chi connectivity index (χ1n) is 8.07. The summed E-state index contributed by atoms with van der Waals surface area (Å²) in [5, 5.41) is 11.2. The molecule has 4 aromatic rings. The lowest BCUT2D eigenvalue weighted by atomic mass is 10.2. The summed E-state index contributed by atoms with van der Waals surface area (Å²) in [5.41, 5.74) is 2.90. The highest BCUT2D eigenvalue weighted by molar-refractivity contribution is 6.40. The highest BCUT2D eigenvalue weighted by Gasteiger charge is 2.18. The lowest BCUT2D eigenvalue weighted by Crippen LogP contribution is -2.21. The number of aromatic nitrogens is 6.